The largest absolute Gasteiger partial charge is 0.480 e. The summed E-state index contributed by atoms with van der Waals surface area (Å²) >= 11 is 0. The molecule has 0 aromatic carbocycles. The maximum Gasteiger partial charge on any atom is 0.326 e. The fourth-order valence-corrected chi connectivity index (χ4v) is 1.28. The van der Waals surface area contributed by atoms with Gasteiger partial charge in [-0.15, -0.1) is 5.10 Å². The van der Waals surface area contributed by atoms with Crippen molar-refractivity contribution in [3.63, 3.8) is 0 Å². The van der Waals surface area contributed by atoms with Crippen LogP contribution < -0.4 is 16.8 Å². The molecule has 1 heterocycles. The van der Waals surface area contributed by atoms with E-state index in [1.165, 1.54) is 10.9 Å². The fourth-order valence-electron chi connectivity index (χ4n) is 1.28. The Kier molecular flexibility index (Phi) is 4.94. The highest BCUT2D eigenvalue weighted by Crippen LogP contribution is 1.97. The smallest absolute Gasteiger partial charge is 0.326 e. The Balaban J connectivity index is 2.70. The third-order valence-corrected chi connectivity index (χ3v) is 2.14. The standard InChI is InChI=1S/C9H14N6O4/c10-1-2-15-4-6(13-14-15)8(17)12-5(9(18)19)3-7(11)16/h4-5H,1-3,10H2,(H2,11,16)(H,12,17)(H,18,19). The third-order valence-electron chi connectivity index (χ3n) is 2.14. The summed E-state index contributed by atoms with van der Waals surface area (Å²) in [7, 11) is 0. The summed E-state index contributed by atoms with van der Waals surface area (Å²) in [6, 6.07) is -1.40. The number of primary amides is 1. The molecule has 10 nitrogen and oxygen atoms in total. The molecule has 2 amide bonds. The SMILES string of the molecule is NCCn1cc(C(=O)NC(CC(N)=O)C(=O)O)nn1. The van der Waals surface area contributed by atoms with Gasteiger partial charge in [0, 0.05) is 6.54 Å². The maximum atomic E-state index is 11.7. The number of carbonyl (C=O) groups is 3. The number of hydrogen-bond acceptors (Lipinski definition) is 6. The Morgan fingerprint density at radius 3 is 2.68 bits per heavy atom. The average molecular weight is 270 g/mol. The second-order valence-corrected chi connectivity index (χ2v) is 3.69. The van der Waals surface area contributed by atoms with Crippen LogP contribution >= 0.6 is 0 Å². The van der Waals surface area contributed by atoms with E-state index in [4.69, 9.17) is 16.6 Å². The molecule has 0 saturated heterocycles. The number of rotatable bonds is 7. The Morgan fingerprint density at radius 1 is 1.47 bits per heavy atom. The maximum absolute atomic E-state index is 11.7. The highest BCUT2D eigenvalue weighted by atomic mass is 16.4. The first-order chi connectivity index (χ1) is 8.93. The van der Waals surface area contributed by atoms with E-state index in [9.17, 15) is 14.4 Å². The van der Waals surface area contributed by atoms with Gasteiger partial charge in [0.15, 0.2) is 5.69 Å². The van der Waals surface area contributed by atoms with Gasteiger partial charge in [0.1, 0.15) is 6.04 Å². The number of aliphatic carboxylic acids is 1. The second-order valence-electron chi connectivity index (χ2n) is 3.69. The van der Waals surface area contributed by atoms with Crippen molar-refractivity contribution in [2.45, 2.75) is 19.0 Å². The molecule has 0 fully saturated rings. The summed E-state index contributed by atoms with van der Waals surface area (Å²) in [4.78, 5) is 33.2. The normalized spacial score (nSPS) is 11.8. The molecular weight excluding hydrogens is 256 g/mol. The van der Waals surface area contributed by atoms with Crippen LogP contribution in [0.25, 0.3) is 0 Å². The van der Waals surface area contributed by atoms with E-state index < -0.39 is 30.2 Å². The molecule has 1 aromatic heterocycles. The summed E-state index contributed by atoms with van der Waals surface area (Å²) in [5.74, 6) is -2.95. The Morgan fingerprint density at radius 2 is 2.16 bits per heavy atom. The summed E-state index contributed by atoms with van der Waals surface area (Å²) in [6.45, 7) is 0.702. The number of amides is 2. The first-order valence-corrected chi connectivity index (χ1v) is 5.36. The van der Waals surface area contributed by atoms with E-state index in [1.807, 2.05) is 0 Å². The Labute approximate surface area is 107 Å². The molecule has 0 radical (unpaired) electrons. The molecule has 19 heavy (non-hydrogen) atoms. The molecule has 10 heteroatoms. The minimum Gasteiger partial charge on any atom is -0.480 e. The van der Waals surface area contributed by atoms with E-state index in [0.717, 1.165) is 0 Å². The van der Waals surface area contributed by atoms with Crippen LogP contribution in [0.1, 0.15) is 16.9 Å². The molecular formula is C9H14N6O4. The number of carboxylic acid groups (broad SMARTS) is 1. The van der Waals surface area contributed by atoms with Crippen LogP contribution in [0, 0.1) is 0 Å². The van der Waals surface area contributed by atoms with Gasteiger partial charge in [-0.25, -0.2) is 4.79 Å². The van der Waals surface area contributed by atoms with Crippen LogP contribution in [0.2, 0.25) is 0 Å². The van der Waals surface area contributed by atoms with Crippen molar-refractivity contribution in [3.05, 3.63) is 11.9 Å². The Hall–Kier alpha value is -2.49. The lowest BCUT2D eigenvalue weighted by atomic mass is 10.2. The number of carbonyl (C=O) groups excluding carboxylic acids is 2. The minimum atomic E-state index is -1.40. The first kappa shape index (κ1) is 14.6. The van der Waals surface area contributed by atoms with Gasteiger partial charge in [0.2, 0.25) is 5.91 Å². The van der Waals surface area contributed by atoms with Crippen molar-refractivity contribution < 1.29 is 19.5 Å². The van der Waals surface area contributed by atoms with Gasteiger partial charge in [-0.1, -0.05) is 5.21 Å². The van der Waals surface area contributed by atoms with Gasteiger partial charge < -0.3 is 21.9 Å². The molecule has 6 N–H and O–H groups in total. The van der Waals surface area contributed by atoms with Gasteiger partial charge in [0.25, 0.3) is 5.91 Å². The van der Waals surface area contributed by atoms with Crippen LogP contribution in [-0.4, -0.2) is 50.5 Å². The molecule has 104 valence electrons. The first-order valence-electron chi connectivity index (χ1n) is 5.36. The van der Waals surface area contributed by atoms with Crippen molar-refractivity contribution in [2.75, 3.05) is 6.54 Å². The van der Waals surface area contributed by atoms with E-state index in [2.05, 4.69) is 15.6 Å². The Bertz CT molecular complexity index is 485. The van der Waals surface area contributed by atoms with Crippen LogP contribution in [0.4, 0.5) is 0 Å². The topological polar surface area (TPSA) is 166 Å². The van der Waals surface area contributed by atoms with Crippen LogP contribution in [0.15, 0.2) is 6.20 Å². The second kappa shape index (κ2) is 6.44. The van der Waals surface area contributed by atoms with Gasteiger partial charge in [-0.05, 0) is 0 Å². The number of aromatic nitrogens is 3. The highest BCUT2D eigenvalue weighted by Gasteiger charge is 2.23. The summed E-state index contributed by atoms with van der Waals surface area (Å²) < 4.78 is 1.35. The minimum absolute atomic E-state index is 0.0656. The third kappa shape index (κ3) is 4.35. The number of nitrogens with one attached hydrogen (secondary N) is 1. The molecule has 1 atom stereocenters. The van der Waals surface area contributed by atoms with E-state index in [0.29, 0.717) is 13.1 Å². The zero-order chi connectivity index (χ0) is 14.4. The summed E-state index contributed by atoms with van der Waals surface area (Å²) in [6.07, 6.45) is 0.823. The monoisotopic (exact) mass is 270 g/mol. The summed E-state index contributed by atoms with van der Waals surface area (Å²) in [5.41, 5.74) is 10.1. The molecule has 0 spiro atoms. The number of hydrogen-bond donors (Lipinski definition) is 4. The predicted octanol–water partition coefficient (Wildman–Crippen LogP) is -2.70. The van der Waals surface area contributed by atoms with Crippen LogP contribution in [-0.2, 0) is 16.1 Å². The lowest BCUT2D eigenvalue weighted by molar-refractivity contribution is -0.140. The zero-order valence-electron chi connectivity index (χ0n) is 9.94. The highest BCUT2D eigenvalue weighted by molar-refractivity contribution is 5.95. The van der Waals surface area contributed by atoms with Gasteiger partial charge in [0.05, 0.1) is 19.2 Å². The van der Waals surface area contributed by atoms with Gasteiger partial charge >= 0.3 is 5.97 Å². The molecule has 1 rings (SSSR count). The van der Waals surface area contributed by atoms with Gasteiger partial charge in [-0.2, -0.15) is 0 Å². The predicted molar refractivity (Wildman–Crippen MR) is 61.8 cm³/mol. The molecule has 0 bridgehead atoms. The molecule has 0 aliphatic rings. The zero-order valence-corrected chi connectivity index (χ0v) is 9.94. The summed E-state index contributed by atoms with van der Waals surface area (Å²) in [5, 5.41) is 18.1. The van der Waals surface area contributed by atoms with Crippen LogP contribution in [0.5, 0.6) is 0 Å². The van der Waals surface area contributed by atoms with E-state index in [1.54, 1.807) is 0 Å². The molecule has 1 aromatic rings. The number of nitrogens with two attached hydrogens (primary N) is 2. The van der Waals surface area contributed by atoms with Gasteiger partial charge in [-0.3, -0.25) is 14.3 Å². The fraction of sp³-hybridized carbons (Fsp3) is 0.444. The van der Waals surface area contributed by atoms with E-state index in [-0.39, 0.29) is 5.69 Å². The van der Waals surface area contributed by atoms with E-state index >= 15 is 0 Å². The molecule has 0 aliphatic carbocycles. The van der Waals surface area contributed by atoms with Crippen molar-refractivity contribution >= 4 is 17.8 Å². The molecule has 0 saturated carbocycles. The molecule has 0 aliphatic heterocycles. The average Bonchev–Trinajstić information content (AvgIpc) is 2.76. The lowest BCUT2D eigenvalue weighted by Gasteiger charge is -2.11. The van der Waals surface area contributed by atoms with Crippen molar-refractivity contribution in [1.29, 1.82) is 0 Å². The van der Waals surface area contributed by atoms with Crippen molar-refractivity contribution in [2.24, 2.45) is 11.5 Å². The molecule has 1 unspecified atom stereocenters. The quantitative estimate of drug-likeness (QED) is 0.418. The van der Waals surface area contributed by atoms with Crippen molar-refractivity contribution in [1.82, 2.24) is 20.3 Å². The van der Waals surface area contributed by atoms with Crippen LogP contribution in [0.3, 0.4) is 0 Å². The lowest BCUT2D eigenvalue weighted by Crippen LogP contribution is -2.43. The number of nitrogens with zero attached hydrogens (tertiary/aromatic N) is 3. The van der Waals surface area contributed by atoms with Crippen molar-refractivity contribution in [3.8, 4) is 0 Å². The number of carboxylic acids is 1.